The SMILES string of the molecule is Nc1cc(C(=O)c2ccc(Br)s2)ccc1Cl. The van der Waals surface area contributed by atoms with Crippen molar-refractivity contribution in [2.24, 2.45) is 0 Å². The van der Waals surface area contributed by atoms with Crippen LogP contribution in [0.1, 0.15) is 15.2 Å². The van der Waals surface area contributed by atoms with Crippen molar-refractivity contribution < 1.29 is 4.79 Å². The number of ketones is 1. The molecule has 0 atom stereocenters. The number of carbonyl (C=O) groups excluding carboxylic acids is 1. The van der Waals surface area contributed by atoms with Gasteiger partial charge in [-0.05, 0) is 46.3 Å². The molecule has 5 heteroatoms. The summed E-state index contributed by atoms with van der Waals surface area (Å²) in [4.78, 5) is 12.7. The topological polar surface area (TPSA) is 43.1 Å². The van der Waals surface area contributed by atoms with Crippen molar-refractivity contribution >= 4 is 50.3 Å². The maximum Gasteiger partial charge on any atom is 0.203 e. The van der Waals surface area contributed by atoms with Crippen molar-refractivity contribution in [2.75, 3.05) is 5.73 Å². The Morgan fingerprint density at radius 2 is 2.06 bits per heavy atom. The molecular weight excluding hydrogens is 310 g/mol. The molecule has 2 nitrogen and oxygen atoms in total. The molecule has 1 aromatic heterocycles. The molecule has 0 amide bonds. The molecule has 0 unspecified atom stereocenters. The number of hydrogen-bond donors (Lipinski definition) is 1. The smallest absolute Gasteiger partial charge is 0.203 e. The molecule has 0 spiro atoms. The van der Waals surface area contributed by atoms with Crippen LogP contribution in [0.2, 0.25) is 5.02 Å². The predicted octanol–water partition coefficient (Wildman–Crippen LogP) is 3.98. The molecular formula is C11H7BrClNOS. The lowest BCUT2D eigenvalue weighted by atomic mass is 10.1. The largest absolute Gasteiger partial charge is 0.398 e. The zero-order chi connectivity index (χ0) is 11.7. The van der Waals surface area contributed by atoms with E-state index in [1.54, 1.807) is 24.3 Å². The first-order valence-corrected chi connectivity index (χ1v) is 6.42. The van der Waals surface area contributed by atoms with Crippen molar-refractivity contribution in [3.8, 4) is 0 Å². The first kappa shape index (κ1) is 11.6. The molecule has 16 heavy (non-hydrogen) atoms. The van der Waals surface area contributed by atoms with Gasteiger partial charge in [-0.2, -0.15) is 0 Å². The van der Waals surface area contributed by atoms with Gasteiger partial charge in [-0.25, -0.2) is 0 Å². The van der Waals surface area contributed by atoms with Crippen molar-refractivity contribution in [2.45, 2.75) is 0 Å². The van der Waals surface area contributed by atoms with E-state index in [0.717, 1.165) is 3.79 Å². The molecule has 2 N–H and O–H groups in total. The zero-order valence-corrected chi connectivity index (χ0v) is 11.2. The van der Waals surface area contributed by atoms with Crippen LogP contribution in [0.3, 0.4) is 0 Å². The van der Waals surface area contributed by atoms with Gasteiger partial charge in [0.1, 0.15) is 0 Å². The van der Waals surface area contributed by atoms with Crippen LogP contribution in [0, 0.1) is 0 Å². The Hall–Kier alpha value is -0.840. The van der Waals surface area contributed by atoms with E-state index in [9.17, 15) is 4.79 Å². The minimum Gasteiger partial charge on any atom is -0.398 e. The highest BCUT2D eigenvalue weighted by molar-refractivity contribution is 9.11. The second-order valence-corrected chi connectivity index (χ2v) is 6.04. The summed E-state index contributed by atoms with van der Waals surface area (Å²) in [6, 6.07) is 8.53. The standard InChI is InChI=1S/C11H7BrClNOS/c12-10-4-3-9(16-10)11(15)6-1-2-7(13)8(14)5-6/h1-5H,14H2. The molecule has 2 aromatic rings. The first-order valence-electron chi connectivity index (χ1n) is 4.43. The molecule has 0 saturated heterocycles. The molecule has 1 heterocycles. The maximum absolute atomic E-state index is 12.0. The minimum atomic E-state index is -0.0425. The first-order chi connectivity index (χ1) is 7.58. The molecule has 82 valence electrons. The van der Waals surface area contributed by atoms with Crippen molar-refractivity contribution in [1.29, 1.82) is 0 Å². The fourth-order valence-corrected chi connectivity index (χ4v) is 2.73. The fourth-order valence-electron chi connectivity index (χ4n) is 1.26. The monoisotopic (exact) mass is 315 g/mol. The van der Waals surface area contributed by atoms with Gasteiger partial charge in [0, 0.05) is 5.56 Å². The van der Waals surface area contributed by atoms with Crippen LogP contribution < -0.4 is 5.73 Å². The Balaban J connectivity index is 2.38. The number of nitrogens with two attached hydrogens (primary N) is 1. The van der Waals surface area contributed by atoms with Crippen LogP contribution in [0.15, 0.2) is 34.1 Å². The Kier molecular flexibility index (Phi) is 3.33. The lowest BCUT2D eigenvalue weighted by molar-refractivity contribution is 0.104. The molecule has 0 aliphatic heterocycles. The van der Waals surface area contributed by atoms with Crippen molar-refractivity contribution in [1.82, 2.24) is 0 Å². The van der Waals surface area contributed by atoms with Gasteiger partial charge in [-0.3, -0.25) is 4.79 Å². The number of anilines is 1. The molecule has 0 fully saturated rings. The second-order valence-electron chi connectivity index (χ2n) is 3.17. The molecule has 0 aliphatic rings. The third-order valence-electron chi connectivity index (χ3n) is 2.06. The van der Waals surface area contributed by atoms with Crippen molar-refractivity contribution in [3.63, 3.8) is 0 Å². The molecule has 1 aromatic carbocycles. The van der Waals surface area contributed by atoms with Gasteiger partial charge in [0.05, 0.1) is 19.4 Å². The quantitative estimate of drug-likeness (QED) is 0.673. The fraction of sp³-hybridized carbons (Fsp3) is 0. The van der Waals surface area contributed by atoms with E-state index in [1.807, 2.05) is 6.07 Å². The molecule has 0 radical (unpaired) electrons. The Labute approximate surface area is 110 Å². The molecule has 0 bridgehead atoms. The summed E-state index contributed by atoms with van der Waals surface area (Å²) >= 11 is 10.5. The van der Waals surface area contributed by atoms with Crippen LogP contribution in [0.5, 0.6) is 0 Å². The summed E-state index contributed by atoms with van der Waals surface area (Å²) in [5.41, 5.74) is 6.62. The molecule has 0 aliphatic carbocycles. The van der Waals surface area contributed by atoms with Gasteiger partial charge in [0.2, 0.25) is 5.78 Å². The number of thiophene rings is 1. The van der Waals surface area contributed by atoms with E-state index in [-0.39, 0.29) is 5.78 Å². The normalized spacial score (nSPS) is 10.4. The third-order valence-corrected chi connectivity index (χ3v) is 4.02. The highest BCUT2D eigenvalue weighted by atomic mass is 79.9. The van der Waals surface area contributed by atoms with Crippen LogP contribution in [0.25, 0.3) is 0 Å². The molecule has 2 rings (SSSR count). The number of nitrogen functional groups attached to an aromatic ring is 1. The predicted molar refractivity (Wildman–Crippen MR) is 71.3 cm³/mol. The number of carbonyl (C=O) groups is 1. The highest BCUT2D eigenvalue weighted by Gasteiger charge is 2.12. The van der Waals surface area contributed by atoms with Gasteiger partial charge in [0.25, 0.3) is 0 Å². The van der Waals surface area contributed by atoms with Gasteiger partial charge in [-0.1, -0.05) is 11.6 Å². The van der Waals surface area contributed by atoms with Gasteiger partial charge in [0.15, 0.2) is 0 Å². The summed E-state index contributed by atoms with van der Waals surface area (Å²) in [7, 11) is 0. The van der Waals surface area contributed by atoms with Crippen LogP contribution in [-0.4, -0.2) is 5.78 Å². The Morgan fingerprint density at radius 1 is 1.31 bits per heavy atom. The van der Waals surface area contributed by atoms with E-state index in [4.69, 9.17) is 17.3 Å². The number of benzene rings is 1. The average molecular weight is 317 g/mol. The summed E-state index contributed by atoms with van der Waals surface area (Å²) < 4.78 is 0.929. The Morgan fingerprint density at radius 3 is 2.62 bits per heavy atom. The zero-order valence-electron chi connectivity index (χ0n) is 8.04. The Bertz CT molecular complexity index is 553. The second kappa shape index (κ2) is 4.57. The number of hydrogen-bond acceptors (Lipinski definition) is 3. The van der Waals surface area contributed by atoms with Crippen LogP contribution in [0.4, 0.5) is 5.69 Å². The minimum absolute atomic E-state index is 0.0425. The van der Waals surface area contributed by atoms with Gasteiger partial charge < -0.3 is 5.73 Å². The van der Waals surface area contributed by atoms with Crippen LogP contribution >= 0.6 is 38.9 Å². The van der Waals surface area contributed by atoms with Crippen molar-refractivity contribution in [3.05, 3.63) is 49.6 Å². The summed E-state index contributed by atoms with van der Waals surface area (Å²) in [5.74, 6) is -0.0425. The van der Waals surface area contributed by atoms with E-state index >= 15 is 0 Å². The third kappa shape index (κ3) is 2.29. The maximum atomic E-state index is 12.0. The summed E-state index contributed by atoms with van der Waals surface area (Å²) in [5, 5.41) is 0.462. The lowest BCUT2D eigenvalue weighted by Crippen LogP contribution is -1.99. The number of rotatable bonds is 2. The lowest BCUT2D eigenvalue weighted by Gasteiger charge is -2.01. The van der Waals surface area contributed by atoms with Crippen LogP contribution in [-0.2, 0) is 0 Å². The van der Waals surface area contributed by atoms with E-state index in [2.05, 4.69) is 15.9 Å². The van der Waals surface area contributed by atoms with Gasteiger partial charge in [-0.15, -0.1) is 11.3 Å². The number of halogens is 2. The average Bonchev–Trinajstić information content (AvgIpc) is 2.68. The summed E-state index contributed by atoms with van der Waals surface area (Å²) in [6.07, 6.45) is 0. The van der Waals surface area contributed by atoms with E-state index < -0.39 is 0 Å². The highest BCUT2D eigenvalue weighted by Crippen LogP contribution is 2.26. The van der Waals surface area contributed by atoms with E-state index in [1.165, 1.54) is 11.3 Å². The van der Waals surface area contributed by atoms with E-state index in [0.29, 0.717) is 21.2 Å². The summed E-state index contributed by atoms with van der Waals surface area (Å²) in [6.45, 7) is 0. The molecule has 0 saturated carbocycles. The van der Waals surface area contributed by atoms with Gasteiger partial charge >= 0.3 is 0 Å².